The number of amides is 1. The minimum atomic E-state index is -0.738. The summed E-state index contributed by atoms with van der Waals surface area (Å²) in [7, 11) is 0. The Morgan fingerprint density at radius 2 is 2.06 bits per heavy atom. The Hall–Kier alpha value is -3.20. The number of carbonyl (C=O) groups excluding carboxylic acids is 1. The lowest BCUT2D eigenvalue weighted by Crippen LogP contribution is -2.34. The van der Waals surface area contributed by atoms with Gasteiger partial charge in [-0.3, -0.25) is 14.2 Å². The summed E-state index contributed by atoms with van der Waals surface area (Å²) >= 11 is 1.58. The summed E-state index contributed by atoms with van der Waals surface area (Å²) in [5.74, 6) is 0.974. The molecule has 1 amide bonds. The van der Waals surface area contributed by atoms with Crippen molar-refractivity contribution in [3.8, 4) is 11.5 Å². The second-order valence-corrected chi connectivity index (χ2v) is 8.79. The third-order valence-corrected chi connectivity index (χ3v) is 6.94. The zero-order chi connectivity index (χ0) is 21.5. The Morgan fingerprint density at radius 1 is 1.26 bits per heavy atom. The van der Waals surface area contributed by atoms with Gasteiger partial charge in [0.15, 0.2) is 11.5 Å². The molecule has 3 heterocycles. The molecule has 0 saturated carbocycles. The fourth-order valence-electron chi connectivity index (χ4n) is 3.97. The molecule has 0 spiro atoms. The van der Waals surface area contributed by atoms with E-state index in [2.05, 4.69) is 15.5 Å². The Labute approximate surface area is 182 Å². The maximum atomic E-state index is 13.1. The second-order valence-electron chi connectivity index (χ2n) is 7.70. The number of benzene rings is 1. The molecule has 5 rings (SSSR count). The smallest absolute Gasteiger partial charge is 0.263 e. The minimum Gasteiger partial charge on any atom is -0.486 e. The van der Waals surface area contributed by atoms with Gasteiger partial charge < -0.3 is 9.47 Å². The highest BCUT2D eigenvalue weighted by Gasteiger charge is 2.24. The molecule has 0 fully saturated rings. The fraction of sp³-hybridized carbons (Fsp3) is 0.364. The van der Waals surface area contributed by atoms with Crippen molar-refractivity contribution >= 4 is 33.2 Å². The van der Waals surface area contributed by atoms with Gasteiger partial charge in [0, 0.05) is 10.4 Å². The van der Waals surface area contributed by atoms with Crippen LogP contribution in [0, 0.1) is 0 Å². The molecule has 160 valence electrons. The van der Waals surface area contributed by atoms with Gasteiger partial charge in [0.1, 0.15) is 24.1 Å². The average molecular weight is 439 g/mol. The van der Waals surface area contributed by atoms with E-state index in [0.717, 1.165) is 35.2 Å². The van der Waals surface area contributed by atoms with Gasteiger partial charge in [0.2, 0.25) is 0 Å². The number of rotatable bonds is 4. The van der Waals surface area contributed by atoms with E-state index in [4.69, 9.17) is 9.47 Å². The summed E-state index contributed by atoms with van der Waals surface area (Å²) in [5, 5.41) is 4.88. The van der Waals surface area contributed by atoms with Crippen LogP contribution in [0.15, 0.2) is 34.4 Å². The zero-order valence-electron chi connectivity index (χ0n) is 17.3. The van der Waals surface area contributed by atoms with Gasteiger partial charge in [-0.25, -0.2) is 10.4 Å². The lowest BCUT2D eigenvalue weighted by molar-refractivity contribution is -0.123. The van der Waals surface area contributed by atoms with Crippen molar-refractivity contribution in [2.24, 2.45) is 5.10 Å². The third kappa shape index (κ3) is 3.48. The number of hydrogen-bond acceptors (Lipinski definition) is 7. The molecule has 1 aliphatic heterocycles. The third-order valence-electron chi connectivity index (χ3n) is 5.74. The topological polar surface area (TPSA) is 94.8 Å². The van der Waals surface area contributed by atoms with Gasteiger partial charge in [-0.15, -0.1) is 11.3 Å². The first-order chi connectivity index (χ1) is 15.0. The predicted molar refractivity (Wildman–Crippen MR) is 118 cm³/mol. The highest BCUT2D eigenvalue weighted by Crippen LogP contribution is 2.34. The fourth-order valence-corrected chi connectivity index (χ4v) is 5.18. The Morgan fingerprint density at radius 3 is 2.90 bits per heavy atom. The van der Waals surface area contributed by atoms with Gasteiger partial charge in [0.05, 0.1) is 17.4 Å². The Kier molecular flexibility index (Phi) is 4.97. The maximum absolute atomic E-state index is 13.1. The molecule has 1 unspecified atom stereocenters. The molecule has 31 heavy (non-hydrogen) atoms. The Bertz CT molecular complexity index is 1280. The van der Waals surface area contributed by atoms with Crippen molar-refractivity contribution in [3.63, 3.8) is 0 Å². The molecular weight excluding hydrogens is 416 g/mol. The van der Waals surface area contributed by atoms with Crippen LogP contribution in [0.4, 0.5) is 0 Å². The summed E-state index contributed by atoms with van der Waals surface area (Å²) in [5.41, 5.74) is 4.94. The van der Waals surface area contributed by atoms with E-state index in [1.54, 1.807) is 25.2 Å². The SMILES string of the molecule is CC(=NNC(=O)C(C)n1cnc2sc3c(c2c1=O)CCC3)c1ccc2c(c1)OCCO2. The molecule has 0 radical (unpaired) electrons. The van der Waals surface area contributed by atoms with Crippen molar-refractivity contribution < 1.29 is 14.3 Å². The van der Waals surface area contributed by atoms with Crippen molar-refractivity contribution in [2.75, 3.05) is 13.2 Å². The molecule has 0 saturated heterocycles. The summed E-state index contributed by atoms with van der Waals surface area (Å²) in [6.45, 7) is 4.50. The Balaban J connectivity index is 1.36. The van der Waals surface area contributed by atoms with E-state index < -0.39 is 6.04 Å². The van der Waals surface area contributed by atoms with Crippen LogP contribution in [0.2, 0.25) is 0 Å². The van der Waals surface area contributed by atoms with Crippen LogP contribution in [0.3, 0.4) is 0 Å². The molecule has 8 nitrogen and oxygen atoms in total. The maximum Gasteiger partial charge on any atom is 0.263 e. The minimum absolute atomic E-state index is 0.167. The molecule has 0 bridgehead atoms. The lowest BCUT2D eigenvalue weighted by atomic mass is 10.1. The van der Waals surface area contributed by atoms with E-state index in [1.807, 2.05) is 18.2 Å². The number of aryl methyl sites for hydroxylation is 2. The van der Waals surface area contributed by atoms with Crippen LogP contribution >= 0.6 is 11.3 Å². The number of nitrogens with one attached hydrogen (secondary N) is 1. The molecule has 1 atom stereocenters. The number of ether oxygens (including phenoxy) is 2. The van der Waals surface area contributed by atoms with Crippen LogP contribution in [-0.2, 0) is 17.6 Å². The largest absolute Gasteiger partial charge is 0.486 e. The standard InChI is InChI=1S/C22H22N4O4S/c1-12(14-6-7-16-17(10-14)30-9-8-29-16)24-25-20(27)13(2)26-11-23-21-19(22(26)28)15-4-3-5-18(15)31-21/h6-7,10-11,13H,3-5,8-9H2,1-2H3,(H,25,27). The van der Waals surface area contributed by atoms with Crippen molar-refractivity contribution in [1.29, 1.82) is 0 Å². The van der Waals surface area contributed by atoms with E-state index in [0.29, 0.717) is 35.8 Å². The molecule has 1 N–H and O–H groups in total. The summed E-state index contributed by atoms with van der Waals surface area (Å²) in [6.07, 6.45) is 4.42. The normalized spacial score (nSPS) is 16.3. The molecule has 9 heteroatoms. The highest BCUT2D eigenvalue weighted by atomic mass is 32.1. The highest BCUT2D eigenvalue weighted by molar-refractivity contribution is 7.18. The number of aromatic nitrogens is 2. The van der Waals surface area contributed by atoms with Crippen LogP contribution in [0.1, 0.15) is 42.3 Å². The van der Waals surface area contributed by atoms with Crippen LogP contribution < -0.4 is 20.5 Å². The first-order valence-electron chi connectivity index (χ1n) is 10.3. The van der Waals surface area contributed by atoms with E-state index in [1.165, 1.54) is 15.8 Å². The lowest BCUT2D eigenvalue weighted by Gasteiger charge is -2.18. The second kappa shape index (κ2) is 7.81. The zero-order valence-corrected chi connectivity index (χ0v) is 18.1. The number of nitrogens with zero attached hydrogens (tertiary/aromatic N) is 3. The van der Waals surface area contributed by atoms with Crippen LogP contribution in [0.5, 0.6) is 11.5 Å². The molecule has 2 aliphatic rings. The van der Waals surface area contributed by atoms with Crippen molar-refractivity contribution in [2.45, 2.75) is 39.2 Å². The number of hydrogen-bond donors (Lipinski definition) is 1. The summed E-state index contributed by atoms with van der Waals surface area (Å²) in [4.78, 5) is 32.2. The number of thiophene rings is 1. The van der Waals surface area contributed by atoms with E-state index >= 15 is 0 Å². The van der Waals surface area contributed by atoms with Gasteiger partial charge >= 0.3 is 0 Å². The predicted octanol–water partition coefficient (Wildman–Crippen LogP) is 2.82. The first-order valence-corrected chi connectivity index (χ1v) is 11.1. The quantitative estimate of drug-likeness (QED) is 0.499. The first kappa shape index (κ1) is 19.7. The van der Waals surface area contributed by atoms with Gasteiger partial charge in [0.25, 0.3) is 11.5 Å². The summed E-state index contributed by atoms with van der Waals surface area (Å²) in [6, 6.07) is 4.79. The van der Waals surface area contributed by atoms with E-state index in [9.17, 15) is 9.59 Å². The number of carbonyl (C=O) groups is 1. The van der Waals surface area contributed by atoms with E-state index in [-0.39, 0.29) is 11.5 Å². The van der Waals surface area contributed by atoms with Crippen molar-refractivity contribution in [1.82, 2.24) is 15.0 Å². The summed E-state index contributed by atoms with van der Waals surface area (Å²) < 4.78 is 12.5. The molecular formula is C22H22N4O4S. The molecule has 3 aromatic rings. The molecule has 1 aliphatic carbocycles. The van der Waals surface area contributed by atoms with Gasteiger partial charge in [-0.1, -0.05) is 0 Å². The van der Waals surface area contributed by atoms with Gasteiger partial charge in [-0.05, 0) is 56.9 Å². The van der Waals surface area contributed by atoms with Crippen LogP contribution in [-0.4, -0.2) is 34.4 Å². The average Bonchev–Trinajstić information content (AvgIpc) is 3.38. The van der Waals surface area contributed by atoms with Crippen LogP contribution in [0.25, 0.3) is 10.2 Å². The molecule has 2 aromatic heterocycles. The van der Waals surface area contributed by atoms with Gasteiger partial charge in [-0.2, -0.15) is 5.10 Å². The number of hydrazone groups is 1. The van der Waals surface area contributed by atoms with Crippen molar-refractivity contribution in [3.05, 3.63) is 50.9 Å². The monoisotopic (exact) mass is 438 g/mol. The number of fused-ring (bicyclic) bond motifs is 4. The molecule has 1 aromatic carbocycles.